The van der Waals surface area contributed by atoms with E-state index in [1.54, 1.807) is 13.2 Å². The molecule has 4 rings (SSSR count). The third kappa shape index (κ3) is 4.14. The molecule has 6 nitrogen and oxygen atoms in total. The molecule has 1 N–H and O–H groups in total. The molecule has 2 aromatic rings. The lowest BCUT2D eigenvalue weighted by molar-refractivity contribution is -0.128. The number of hydrogen-bond acceptors (Lipinski definition) is 4. The first-order valence-electron chi connectivity index (χ1n) is 9.76. The largest absolute Gasteiger partial charge is 0.383 e. The highest BCUT2D eigenvalue weighted by atomic mass is 19.1. The number of benzene rings is 1. The van der Waals surface area contributed by atoms with Crippen LogP contribution in [0.15, 0.2) is 18.2 Å². The first kappa shape index (κ1) is 18.4. The van der Waals surface area contributed by atoms with Gasteiger partial charge in [-0.3, -0.25) is 4.79 Å². The zero-order valence-electron chi connectivity index (χ0n) is 15.8. The third-order valence-electron chi connectivity index (χ3n) is 5.81. The lowest BCUT2D eigenvalue weighted by Gasteiger charge is -2.32. The van der Waals surface area contributed by atoms with Crippen LogP contribution in [-0.4, -0.2) is 72.1 Å². The summed E-state index contributed by atoms with van der Waals surface area (Å²) in [7, 11) is 1.67. The Labute approximate surface area is 158 Å². The fraction of sp³-hybridized carbons (Fsp3) is 0.600. The van der Waals surface area contributed by atoms with Crippen LogP contribution in [0, 0.1) is 11.7 Å². The van der Waals surface area contributed by atoms with Gasteiger partial charge in [-0.1, -0.05) is 0 Å². The Hall–Kier alpha value is -1.99. The average molecular weight is 374 g/mol. The van der Waals surface area contributed by atoms with Gasteiger partial charge in [0.05, 0.1) is 17.6 Å². The number of imidazole rings is 1. The minimum absolute atomic E-state index is 0.238. The molecule has 146 valence electrons. The summed E-state index contributed by atoms with van der Waals surface area (Å²) in [4.78, 5) is 24.4. The molecule has 3 heterocycles. The van der Waals surface area contributed by atoms with Crippen molar-refractivity contribution in [1.82, 2.24) is 19.8 Å². The second kappa shape index (κ2) is 7.94. The summed E-state index contributed by atoms with van der Waals surface area (Å²) in [5, 5.41) is 0. The van der Waals surface area contributed by atoms with E-state index in [1.165, 1.54) is 12.1 Å². The standard InChI is InChI=1S/C20H27FN4O2/c1-27-9-8-25-13-14(10-19(25)26)12-24-6-4-15(5-7-24)20-22-17-3-2-16(21)11-18(17)23-20/h2-3,11,14-15H,4-10,12-13H2,1H3,(H,22,23)/t14-/m0/s1. The quantitative estimate of drug-likeness (QED) is 0.843. The van der Waals surface area contributed by atoms with Gasteiger partial charge in [-0.15, -0.1) is 0 Å². The first-order chi connectivity index (χ1) is 13.1. The number of amides is 1. The Bertz CT molecular complexity index is 800. The van der Waals surface area contributed by atoms with Gasteiger partial charge < -0.3 is 19.5 Å². The molecule has 0 spiro atoms. The van der Waals surface area contributed by atoms with E-state index in [4.69, 9.17) is 4.74 Å². The maximum absolute atomic E-state index is 13.4. The molecule has 0 bridgehead atoms. The molecule has 0 saturated carbocycles. The molecule has 0 unspecified atom stereocenters. The van der Waals surface area contributed by atoms with E-state index in [1.807, 2.05) is 4.90 Å². The Morgan fingerprint density at radius 3 is 2.93 bits per heavy atom. The highest BCUT2D eigenvalue weighted by molar-refractivity contribution is 5.78. The van der Waals surface area contributed by atoms with Gasteiger partial charge in [-0.2, -0.15) is 0 Å². The number of likely N-dealkylation sites (tertiary alicyclic amines) is 2. The van der Waals surface area contributed by atoms with Gasteiger partial charge >= 0.3 is 0 Å². The summed E-state index contributed by atoms with van der Waals surface area (Å²) >= 11 is 0. The summed E-state index contributed by atoms with van der Waals surface area (Å²) in [6.45, 7) is 5.15. The van der Waals surface area contributed by atoms with E-state index < -0.39 is 0 Å². The van der Waals surface area contributed by atoms with Gasteiger partial charge in [-0.25, -0.2) is 9.37 Å². The lowest BCUT2D eigenvalue weighted by Crippen LogP contribution is -2.37. The molecule has 7 heteroatoms. The smallest absolute Gasteiger partial charge is 0.223 e. The van der Waals surface area contributed by atoms with E-state index in [9.17, 15) is 9.18 Å². The summed E-state index contributed by atoms with van der Waals surface area (Å²) in [6.07, 6.45) is 2.73. The van der Waals surface area contributed by atoms with Crippen molar-refractivity contribution in [2.75, 3.05) is 46.4 Å². The number of H-pyrrole nitrogens is 1. The van der Waals surface area contributed by atoms with Gasteiger partial charge in [0.1, 0.15) is 11.6 Å². The maximum Gasteiger partial charge on any atom is 0.223 e. The summed E-state index contributed by atoms with van der Waals surface area (Å²) < 4.78 is 18.5. The number of carbonyl (C=O) groups is 1. The van der Waals surface area contributed by atoms with Crippen LogP contribution in [0.5, 0.6) is 0 Å². The highest BCUT2D eigenvalue weighted by Gasteiger charge is 2.32. The molecule has 27 heavy (non-hydrogen) atoms. The van der Waals surface area contributed by atoms with Crippen LogP contribution in [0.1, 0.15) is 31.0 Å². The van der Waals surface area contributed by atoms with Crippen molar-refractivity contribution in [3.8, 4) is 0 Å². The number of piperidine rings is 1. The monoisotopic (exact) mass is 374 g/mol. The summed E-state index contributed by atoms with van der Waals surface area (Å²) in [5.41, 5.74) is 1.60. The van der Waals surface area contributed by atoms with Crippen molar-refractivity contribution in [3.05, 3.63) is 29.8 Å². The molecule has 2 aliphatic rings. The topological polar surface area (TPSA) is 61.5 Å². The van der Waals surface area contributed by atoms with E-state index in [0.717, 1.165) is 55.9 Å². The molecular formula is C20H27FN4O2. The van der Waals surface area contributed by atoms with Crippen LogP contribution in [0.3, 0.4) is 0 Å². The van der Waals surface area contributed by atoms with E-state index in [2.05, 4.69) is 14.9 Å². The van der Waals surface area contributed by atoms with Crippen LogP contribution in [-0.2, 0) is 9.53 Å². The second-order valence-electron chi connectivity index (χ2n) is 7.76. The minimum atomic E-state index is -0.238. The van der Waals surface area contributed by atoms with E-state index in [-0.39, 0.29) is 11.7 Å². The fourth-order valence-electron chi connectivity index (χ4n) is 4.34. The van der Waals surface area contributed by atoms with Crippen molar-refractivity contribution in [3.63, 3.8) is 0 Å². The average Bonchev–Trinajstić information content (AvgIpc) is 3.23. The molecule has 2 fully saturated rings. The van der Waals surface area contributed by atoms with E-state index in [0.29, 0.717) is 31.4 Å². The number of aromatic amines is 1. The second-order valence-corrected chi connectivity index (χ2v) is 7.76. The molecular weight excluding hydrogens is 347 g/mol. The normalized spacial score (nSPS) is 22.2. The molecule has 1 aromatic heterocycles. The molecule has 2 aliphatic heterocycles. The molecule has 0 aliphatic carbocycles. The van der Waals surface area contributed by atoms with Crippen LogP contribution in [0.4, 0.5) is 4.39 Å². The third-order valence-corrected chi connectivity index (χ3v) is 5.81. The van der Waals surface area contributed by atoms with E-state index >= 15 is 0 Å². The summed E-state index contributed by atoms with van der Waals surface area (Å²) in [6, 6.07) is 4.69. The molecule has 0 radical (unpaired) electrons. The van der Waals surface area contributed by atoms with Crippen molar-refractivity contribution in [2.24, 2.45) is 5.92 Å². The van der Waals surface area contributed by atoms with Crippen LogP contribution >= 0.6 is 0 Å². The number of methoxy groups -OCH3 is 1. The number of rotatable bonds is 6. The van der Waals surface area contributed by atoms with Gasteiger partial charge in [0.15, 0.2) is 0 Å². The predicted octanol–water partition coefficient (Wildman–Crippen LogP) is 2.38. The number of halogens is 1. The van der Waals surface area contributed by atoms with Crippen molar-refractivity contribution in [1.29, 1.82) is 0 Å². The van der Waals surface area contributed by atoms with Gasteiger partial charge in [0.25, 0.3) is 0 Å². The van der Waals surface area contributed by atoms with Crippen LogP contribution < -0.4 is 0 Å². The fourth-order valence-corrected chi connectivity index (χ4v) is 4.34. The minimum Gasteiger partial charge on any atom is -0.383 e. The van der Waals surface area contributed by atoms with Gasteiger partial charge in [0, 0.05) is 39.1 Å². The number of aromatic nitrogens is 2. The van der Waals surface area contributed by atoms with Crippen LogP contribution in [0.25, 0.3) is 11.0 Å². The van der Waals surface area contributed by atoms with Crippen molar-refractivity contribution in [2.45, 2.75) is 25.2 Å². The molecule has 1 amide bonds. The number of nitrogens with one attached hydrogen (secondary N) is 1. The van der Waals surface area contributed by atoms with Crippen molar-refractivity contribution >= 4 is 16.9 Å². The first-order valence-corrected chi connectivity index (χ1v) is 9.76. The predicted molar refractivity (Wildman–Crippen MR) is 101 cm³/mol. The zero-order valence-corrected chi connectivity index (χ0v) is 15.8. The number of ether oxygens (including phenoxy) is 1. The maximum atomic E-state index is 13.4. The summed E-state index contributed by atoms with van der Waals surface area (Å²) in [5.74, 6) is 1.79. The highest BCUT2D eigenvalue weighted by Crippen LogP contribution is 2.29. The Balaban J connectivity index is 1.29. The van der Waals surface area contributed by atoms with Crippen LogP contribution in [0.2, 0.25) is 0 Å². The number of nitrogens with zero attached hydrogens (tertiary/aromatic N) is 3. The Morgan fingerprint density at radius 2 is 2.15 bits per heavy atom. The van der Waals surface area contributed by atoms with Crippen molar-refractivity contribution < 1.29 is 13.9 Å². The molecule has 1 aromatic carbocycles. The number of fused-ring (bicyclic) bond motifs is 1. The molecule has 1 atom stereocenters. The number of hydrogen-bond donors (Lipinski definition) is 1. The molecule has 2 saturated heterocycles. The lowest BCUT2D eigenvalue weighted by atomic mass is 9.95. The number of carbonyl (C=O) groups excluding carboxylic acids is 1. The van der Waals surface area contributed by atoms with Gasteiger partial charge in [0.2, 0.25) is 5.91 Å². The Morgan fingerprint density at radius 1 is 1.33 bits per heavy atom. The zero-order chi connectivity index (χ0) is 18.8. The SMILES string of the molecule is COCCN1C[C@H](CN2CCC(c3nc4ccc(F)cc4[nH]3)CC2)CC1=O. The van der Waals surface area contributed by atoms with Gasteiger partial charge in [-0.05, 0) is 50.0 Å². The Kier molecular flexibility index (Phi) is 5.41.